The fourth-order valence-corrected chi connectivity index (χ4v) is 1.48. The third kappa shape index (κ3) is 1.35. The third-order valence-electron chi connectivity index (χ3n) is 2.15. The van der Waals surface area contributed by atoms with Gasteiger partial charge in [-0.2, -0.15) is 0 Å². The van der Waals surface area contributed by atoms with E-state index in [9.17, 15) is 4.79 Å². The number of anilines is 1. The summed E-state index contributed by atoms with van der Waals surface area (Å²) < 4.78 is 0. The highest BCUT2D eigenvalue weighted by atomic mass is 16.1. The average Bonchev–Trinajstić information content (AvgIpc) is 2.57. The number of hydrogen-bond acceptors (Lipinski definition) is 3. The number of nitrogens with one attached hydrogen (secondary N) is 1. The highest BCUT2D eigenvalue weighted by Gasteiger charge is 2.07. The van der Waals surface area contributed by atoms with Crippen molar-refractivity contribution in [3.63, 3.8) is 0 Å². The Labute approximate surface area is 81.1 Å². The van der Waals surface area contributed by atoms with Gasteiger partial charge in [-0.15, -0.1) is 0 Å². The zero-order valence-corrected chi connectivity index (χ0v) is 7.87. The van der Waals surface area contributed by atoms with Gasteiger partial charge in [0.15, 0.2) is 0 Å². The van der Waals surface area contributed by atoms with Crippen molar-refractivity contribution in [1.29, 1.82) is 0 Å². The molecule has 0 bridgehead atoms. The maximum atomic E-state index is 10.9. The summed E-state index contributed by atoms with van der Waals surface area (Å²) in [6.45, 7) is 1.54. The highest BCUT2D eigenvalue weighted by Crippen LogP contribution is 2.22. The van der Waals surface area contributed by atoms with Gasteiger partial charge in [-0.25, -0.2) is 4.98 Å². The number of rotatable bonds is 2. The zero-order chi connectivity index (χ0) is 10.1. The minimum absolute atomic E-state index is 0.0911. The molecular weight excluding hydrogens is 178 g/mol. The number of carbonyl (C=O) groups is 1. The Balaban J connectivity index is 2.56. The second-order valence-electron chi connectivity index (χ2n) is 3.32. The first-order valence-electron chi connectivity index (χ1n) is 4.38. The van der Waals surface area contributed by atoms with E-state index in [1.165, 1.54) is 0 Å². The van der Waals surface area contributed by atoms with Gasteiger partial charge in [0, 0.05) is 35.5 Å². The van der Waals surface area contributed by atoms with E-state index in [-0.39, 0.29) is 5.78 Å². The molecule has 14 heavy (non-hydrogen) atoms. The van der Waals surface area contributed by atoms with Crippen molar-refractivity contribution in [3.8, 4) is 0 Å². The summed E-state index contributed by atoms with van der Waals surface area (Å²) in [5.41, 5.74) is 8.10. The molecule has 3 N–H and O–H groups in total. The van der Waals surface area contributed by atoms with Gasteiger partial charge in [0.1, 0.15) is 11.4 Å². The van der Waals surface area contributed by atoms with E-state index in [2.05, 4.69) is 9.97 Å². The van der Waals surface area contributed by atoms with Crippen molar-refractivity contribution in [3.05, 3.63) is 24.0 Å². The molecule has 0 saturated heterocycles. The van der Waals surface area contributed by atoms with Gasteiger partial charge in [-0.3, -0.25) is 4.79 Å². The number of hydrogen-bond donors (Lipinski definition) is 2. The summed E-state index contributed by atoms with van der Waals surface area (Å²) in [4.78, 5) is 18.1. The lowest BCUT2D eigenvalue weighted by molar-refractivity contribution is -0.116. The SMILES string of the molecule is CC(=O)Cc1cnc2[nH]ccc2c1N. The van der Waals surface area contributed by atoms with Crippen LogP contribution in [0.4, 0.5) is 5.69 Å². The molecule has 2 rings (SSSR count). The van der Waals surface area contributed by atoms with Crippen LogP contribution in [0.3, 0.4) is 0 Å². The van der Waals surface area contributed by atoms with Crippen molar-refractivity contribution in [2.45, 2.75) is 13.3 Å². The van der Waals surface area contributed by atoms with Gasteiger partial charge in [0.05, 0.1) is 0 Å². The standard InChI is InChI=1S/C10H11N3O/c1-6(14)4-7-5-13-10-8(9(7)11)2-3-12-10/h2-3,5H,4H2,1H3,(H3,11,12,13). The van der Waals surface area contributed by atoms with E-state index < -0.39 is 0 Å². The number of carbonyl (C=O) groups excluding carboxylic acids is 1. The number of Topliss-reactive ketones (excluding diaryl/α,β-unsaturated/α-hetero) is 1. The summed E-state index contributed by atoms with van der Waals surface area (Å²) in [6.07, 6.45) is 3.78. The summed E-state index contributed by atoms with van der Waals surface area (Å²) in [7, 11) is 0. The minimum atomic E-state index is 0.0911. The monoisotopic (exact) mass is 189 g/mol. The molecule has 0 aliphatic carbocycles. The molecule has 0 radical (unpaired) electrons. The van der Waals surface area contributed by atoms with E-state index in [1.54, 1.807) is 19.3 Å². The number of nitrogens with two attached hydrogens (primary N) is 1. The topological polar surface area (TPSA) is 71.8 Å². The van der Waals surface area contributed by atoms with Gasteiger partial charge in [0.2, 0.25) is 0 Å². The van der Waals surface area contributed by atoms with Crippen LogP contribution in [0.5, 0.6) is 0 Å². The molecular formula is C10H11N3O. The normalized spacial score (nSPS) is 10.6. The molecule has 2 aromatic rings. The van der Waals surface area contributed by atoms with Crippen molar-refractivity contribution >= 4 is 22.5 Å². The predicted molar refractivity (Wildman–Crippen MR) is 54.9 cm³/mol. The molecule has 0 aromatic carbocycles. The van der Waals surface area contributed by atoms with E-state index in [4.69, 9.17) is 5.73 Å². The van der Waals surface area contributed by atoms with Crippen molar-refractivity contribution < 1.29 is 4.79 Å². The molecule has 2 aromatic heterocycles. The summed E-state index contributed by atoms with van der Waals surface area (Å²) >= 11 is 0. The molecule has 0 atom stereocenters. The first kappa shape index (κ1) is 8.74. The van der Waals surface area contributed by atoms with Crippen LogP contribution >= 0.6 is 0 Å². The number of pyridine rings is 1. The third-order valence-corrected chi connectivity index (χ3v) is 2.15. The summed E-state index contributed by atoms with van der Waals surface area (Å²) in [5, 5.41) is 0.878. The van der Waals surface area contributed by atoms with Gasteiger partial charge in [-0.05, 0) is 13.0 Å². The smallest absolute Gasteiger partial charge is 0.139 e. The highest BCUT2D eigenvalue weighted by molar-refractivity contribution is 5.91. The Hall–Kier alpha value is -1.84. The Morgan fingerprint density at radius 3 is 3.14 bits per heavy atom. The second-order valence-corrected chi connectivity index (χ2v) is 3.32. The maximum absolute atomic E-state index is 10.9. The molecule has 4 nitrogen and oxygen atoms in total. The number of H-pyrrole nitrogens is 1. The van der Waals surface area contributed by atoms with Crippen LogP contribution in [0.1, 0.15) is 12.5 Å². The zero-order valence-electron chi connectivity index (χ0n) is 7.87. The van der Waals surface area contributed by atoms with Gasteiger partial charge in [-0.1, -0.05) is 0 Å². The lowest BCUT2D eigenvalue weighted by atomic mass is 10.1. The number of nitrogens with zero attached hydrogens (tertiary/aromatic N) is 1. The van der Waals surface area contributed by atoms with E-state index in [0.29, 0.717) is 12.1 Å². The quantitative estimate of drug-likeness (QED) is 0.747. The van der Waals surface area contributed by atoms with Crippen molar-refractivity contribution in [2.75, 3.05) is 5.73 Å². The molecule has 0 aliphatic rings. The Kier molecular flexibility index (Phi) is 1.96. The second kappa shape index (κ2) is 3.14. The Bertz CT molecular complexity index is 487. The molecule has 0 aliphatic heterocycles. The maximum Gasteiger partial charge on any atom is 0.139 e. The largest absolute Gasteiger partial charge is 0.398 e. The number of nitrogen functional groups attached to an aromatic ring is 1. The van der Waals surface area contributed by atoms with Crippen LogP contribution < -0.4 is 5.73 Å². The molecule has 4 heteroatoms. The molecule has 0 amide bonds. The van der Waals surface area contributed by atoms with E-state index >= 15 is 0 Å². The van der Waals surface area contributed by atoms with Crippen LogP contribution in [0, 0.1) is 0 Å². The average molecular weight is 189 g/mol. The molecule has 2 heterocycles. The van der Waals surface area contributed by atoms with Gasteiger partial charge >= 0.3 is 0 Å². The fraction of sp³-hybridized carbons (Fsp3) is 0.200. The van der Waals surface area contributed by atoms with Crippen LogP contribution in [0.15, 0.2) is 18.5 Å². The fourth-order valence-electron chi connectivity index (χ4n) is 1.48. The minimum Gasteiger partial charge on any atom is -0.398 e. The molecule has 0 spiro atoms. The number of fused-ring (bicyclic) bond motifs is 1. The van der Waals surface area contributed by atoms with E-state index in [0.717, 1.165) is 16.6 Å². The lowest BCUT2D eigenvalue weighted by Gasteiger charge is -2.03. The van der Waals surface area contributed by atoms with Gasteiger partial charge < -0.3 is 10.7 Å². The molecule has 0 unspecified atom stereocenters. The van der Waals surface area contributed by atoms with Crippen LogP contribution in [0.25, 0.3) is 11.0 Å². The first-order chi connectivity index (χ1) is 6.68. The predicted octanol–water partition coefficient (Wildman–Crippen LogP) is 1.28. The van der Waals surface area contributed by atoms with Crippen LogP contribution in [0.2, 0.25) is 0 Å². The molecule has 0 fully saturated rings. The summed E-state index contributed by atoms with van der Waals surface area (Å²) in [5.74, 6) is 0.0911. The number of ketones is 1. The lowest BCUT2D eigenvalue weighted by Crippen LogP contribution is -2.02. The molecule has 72 valence electrons. The summed E-state index contributed by atoms with van der Waals surface area (Å²) in [6, 6.07) is 1.86. The Morgan fingerprint density at radius 2 is 2.43 bits per heavy atom. The van der Waals surface area contributed by atoms with Crippen LogP contribution in [-0.4, -0.2) is 15.8 Å². The first-order valence-corrected chi connectivity index (χ1v) is 4.38. The van der Waals surface area contributed by atoms with Crippen molar-refractivity contribution in [2.24, 2.45) is 0 Å². The van der Waals surface area contributed by atoms with E-state index in [1.807, 2.05) is 6.07 Å². The van der Waals surface area contributed by atoms with Crippen LogP contribution in [-0.2, 0) is 11.2 Å². The van der Waals surface area contributed by atoms with Crippen molar-refractivity contribution in [1.82, 2.24) is 9.97 Å². The Morgan fingerprint density at radius 1 is 1.64 bits per heavy atom. The number of aromatic nitrogens is 2. The molecule has 0 saturated carbocycles. The van der Waals surface area contributed by atoms with Gasteiger partial charge in [0.25, 0.3) is 0 Å². The number of aromatic amines is 1.